The Kier molecular flexibility index (Phi) is 11.6. The number of amides is 1. The van der Waals surface area contributed by atoms with Gasteiger partial charge in [0, 0.05) is 38.0 Å². The maximum atomic E-state index is 12.0. The van der Waals surface area contributed by atoms with Crippen LogP contribution in [0, 0.1) is 5.92 Å². The molecule has 2 N–H and O–H groups in total. The first-order chi connectivity index (χ1) is 15.6. The molecule has 0 atom stereocenters. The molecule has 0 aliphatic carbocycles. The van der Waals surface area contributed by atoms with Gasteiger partial charge < -0.3 is 24.6 Å². The number of hydrogen-bond donors (Lipinski definition) is 2. The third-order valence-electron chi connectivity index (χ3n) is 6.32. The molecule has 2 fully saturated rings. The van der Waals surface area contributed by atoms with E-state index in [1.807, 2.05) is 6.07 Å². The van der Waals surface area contributed by atoms with Gasteiger partial charge in [0.15, 0.2) is 5.16 Å². The molecule has 2 saturated heterocycles. The van der Waals surface area contributed by atoms with E-state index in [0.717, 1.165) is 72.1 Å². The number of fused-ring (bicyclic) bond motifs is 1. The maximum Gasteiger partial charge on any atom is 0.410 e. The van der Waals surface area contributed by atoms with Crippen molar-refractivity contribution < 1.29 is 14.6 Å². The Morgan fingerprint density at radius 3 is 2.59 bits per heavy atom. The highest BCUT2D eigenvalue weighted by atomic mass is 35.5. The number of nitrogens with one attached hydrogen (secondary N) is 1. The minimum absolute atomic E-state index is 0. The molecule has 1 aromatic carbocycles. The number of aliphatic hydroxyl groups excluding tert-OH is 1. The van der Waals surface area contributed by atoms with Crippen LogP contribution < -0.4 is 4.90 Å². The topological polar surface area (TPSA) is 81.7 Å². The second-order valence-electron chi connectivity index (χ2n) is 8.48. The highest BCUT2D eigenvalue weighted by molar-refractivity contribution is 7.99. The number of aliphatic hydroxyl groups is 1. The fourth-order valence-electron chi connectivity index (χ4n) is 4.47. The van der Waals surface area contributed by atoms with E-state index in [-0.39, 0.29) is 44.1 Å². The number of piperidine rings is 2. The van der Waals surface area contributed by atoms with Crippen molar-refractivity contribution in [2.45, 2.75) is 42.5 Å². The summed E-state index contributed by atoms with van der Waals surface area (Å²) in [7, 11) is 0. The number of aromatic nitrogens is 2. The van der Waals surface area contributed by atoms with Crippen molar-refractivity contribution in [2.75, 3.05) is 44.3 Å². The summed E-state index contributed by atoms with van der Waals surface area (Å²) >= 11 is 8.36. The Bertz CT molecular complexity index is 945. The van der Waals surface area contributed by atoms with E-state index in [9.17, 15) is 9.90 Å². The Morgan fingerprint density at radius 1 is 1.24 bits per heavy atom. The van der Waals surface area contributed by atoms with Gasteiger partial charge in [-0.05, 0) is 50.2 Å². The molecule has 4 rings (SSSR count). The van der Waals surface area contributed by atoms with Crippen LogP contribution in [0.5, 0.6) is 0 Å². The zero-order chi connectivity index (χ0) is 22.5. The third kappa shape index (κ3) is 7.10. The molecule has 34 heavy (non-hydrogen) atoms. The van der Waals surface area contributed by atoms with Crippen LogP contribution in [0.15, 0.2) is 29.9 Å². The monoisotopic (exact) mass is 550 g/mol. The van der Waals surface area contributed by atoms with Gasteiger partial charge in [-0.2, -0.15) is 0 Å². The van der Waals surface area contributed by atoms with Gasteiger partial charge in [-0.25, -0.2) is 9.78 Å². The van der Waals surface area contributed by atoms with E-state index in [4.69, 9.17) is 21.3 Å². The van der Waals surface area contributed by atoms with Crippen LogP contribution in [0.3, 0.4) is 0 Å². The summed E-state index contributed by atoms with van der Waals surface area (Å²) in [5, 5.41) is 11.2. The number of H-pyrrole nitrogens is 1. The van der Waals surface area contributed by atoms with Gasteiger partial charge in [0.05, 0.1) is 21.7 Å². The number of anilines is 1. The number of rotatable bonds is 7. The number of ether oxygens (including phenoxy) is 1. The summed E-state index contributed by atoms with van der Waals surface area (Å²) in [6.07, 6.45) is 6.17. The van der Waals surface area contributed by atoms with E-state index >= 15 is 0 Å². The van der Waals surface area contributed by atoms with Crippen LogP contribution in [0.4, 0.5) is 10.5 Å². The molecule has 0 radical (unpaired) electrons. The van der Waals surface area contributed by atoms with E-state index in [0.29, 0.717) is 24.3 Å². The van der Waals surface area contributed by atoms with Gasteiger partial charge in [0.1, 0.15) is 6.61 Å². The molecule has 0 unspecified atom stereocenters. The first kappa shape index (κ1) is 28.9. The lowest BCUT2D eigenvalue weighted by atomic mass is 9.93. The van der Waals surface area contributed by atoms with E-state index in [1.54, 1.807) is 22.7 Å². The van der Waals surface area contributed by atoms with E-state index in [1.165, 1.54) is 0 Å². The fraction of sp³-hybridized carbons (Fsp3) is 0.565. The molecule has 2 aliphatic rings. The van der Waals surface area contributed by atoms with Crippen LogP contribution in [0.2, 0.25) is 5.02 Å². The minimum atomic E-state index is -0.264. The van der Waals surface area contributed by atoms with Gasteiger partial charge >= 0.3 is 6.09 Å². The number of benzene rings is 1. The number of carbonyl (C=O) groups excluding carboxylic acids is 1. The second-order valence-corrected chi connectivity index (χ2v) is 10.2. The van der Waals surface area contributed by atoms with Crippen molar-refractivity contribution in [2.24, 2.45) is 5.92 Å². The lowest BCUT2D eigenvalue weighted by molar-refractivity contribution is 0.105. The van der Waals surface area contributed by atoms with Crippen LogP contribution in [-0.4, -0.2) is 70.7 Å². The van der Waals surface area contributed by atoms with Gasteiger partial charge in [0.2, 0.25) is 0 Å². The van der Waals surface area contributed by atoms with Crippen molar-refractivity contribution >= 4 is 71.0 Å². The number of imidazole rings is 1. The lowest BCUT2D eigenvalue weighted by Crippen LogP contribution is -2.39. The molecule has 0 spiro atoms. The highest BCUT2D eigenvalue weighted by Gasteiger charge is 2.26. The van der Waals surface area contributed by atoms with Gasteiger partial charge in [-0.1, -0.05) is 36.0 Å². The predicted molar refractivity (Wildman–Crippen MR) is 144 cm³/mol. The summed E-state index contributed by atoms with van der Waals surface area (Å²) in [5.74, 6) is 0.599. The quantitative estimate of drug-likeness (QED) is 0.440. The zero-order valence-electron chi connectivity index (χ0n) is 19.1. The molecule has 2 aliphatic heterocycles. The van der Waals surface area contributed by atoms with Gasteiger partial charge in [-0.3, -0.25) is 0 Å². The zero-order valence-corrected chi connectivity index (χ0v) is 22.3. The summed E-state index contributed by atoms with van der Waals surface area (Å²) in [5.41, 5.74) is 2.91. The average Bonchev–Trinajstić information content (AvgIpc) is 3.19. The molecular formula is C23H33Cl3N4O3S. The van der Waals surface area contributed by atoms with Crippen LogP contribution in [0.25, 0.3) is 11.0 Å². The Labute approximate surface area is 222 Å². The molecule has 190 valence electrons. The first-order valence-electron chi connectivity index (χ1n) is 11.3. The standard InChI is InChI=1S/C23H31ClN4O3S.2ClH/c1-2-13-31-23(30)28-10-5-17(6-11-28)32-22-25-19-14-18(24)21(15-20(19)26-22)27-8-3-16(4-9-27)7-12-29;;/h2,14-17,29H,1,3-13H2,(H,25,26);2*1H. The number of carbonyl (C=O) groups is 1. The first-order valence-corrected chi connectivity index (χ1v) is 12.6. The lowest BCUT2D eigenvalue weighted by Gasteiger charge is -2.34. The molecule has 7 nitrogen and oxygen atoms in total. The Hall–Kier alpha value is -1.32. The van der Waals surface area contributed by atoms with Crippen LogP contribution >= 0.6 is 48.2 Å². The van der Waals surface area contributed by atoms with Crippen molar-refractivity contribution in [3.63, 3.8) is 0 Å². The molecule has 11 heteroatoms. The smallest absolute Gasteiger partial charge is 0.410 e. The molecular weight excluding hydrogens is 519 g/mol. The molecule has 0 saturated carbocycles. The number of likely N-dealkylation sites (tertiary alicyclic amines) is 1. The third-order valence-corrected chi connectivity index (χ3v) is 7.85. The average molecular weight is 552 g/mol. The normalized spacial score (nSPS) is 17.2. The molecule has 0 bridgehead atoms. The van der Waals surface area contributed by atoms with E-state index in [2.05, 4.69) is 22.5 Å². The summed E-state index contributed by atoms with van der Waals surface area (Å²) in [6.45, 7) is 7.38. The number of nitrogens with zero attached hydrogens (tertiary/aromatic N) is 3. The Balaban J connectivity index is 0.00000204. The van der Waals surface area contributed by atoms with Crippen LogP contribution in [-0.2, 0) is 4.74 Å². The largest absolute Gasteiger partial charge is 0.445 e. The molecule has 3 heterocycles. The van der Waals surface area contributed by atoms with Gasteiger partial charge in [-0.15, -0.1) is 24.8 Å². The molecule has 1 amide bonds. The van der Waals surface area contributed by atoms with Crippen molar-refractivity contribution in [3.05, 3.63) is 29.8 Å². The SMILES string of the molecule is C=CCOC(=O)N1CCC(Sc2nc3cc(N4CCC(CCO)CC4)c(Cl)cc3[nH]2)CC1.Cl.Cl. The van der Waals surface area contributed by atoms with Crippen molar-refractivity contribution in [3.8, 4) is 0 Å². The number of aromatic amines is 1. The Morgan fingerprint density at radius 2 is 1.94 bits per heavy atom. The minimum Gasteiger partial charge on any atom is -0.445 e. The van der Waals surface area contributed by atoms with E-state index < -0.39 is 0 Å². The number of halogens is 3. The van der Waals surface area contributed by atoms with Crippen molar-refractivity contribution in [1.82, 2.24) is 14.9 Å². The summed E-state index contributed by atoms with van der Waals surface area (Å²) < 4.78 is 5.13. The number of hydrogen-bond acceptors (Lipinski definition) is 6. The van der Waals surface area contributed by atoms with Crippen molar-refractivity contribution in [1.29, 1.82) is 0 Å². The summed E-state index contributed by atoms with van der Waals surface area (Å²) in [6, 6.07) is 4.06. The molecule has 1 aromatic heterocycles. The summed E-state index contributed by atoms with van der Waals surface area (Å²) in [4.78, 5) is 24.3. The molecule has 2 aromatic rings. The highest BCUT2D eigenvalue weighted by Crippen LogP contribution is 2.36. The second kappa shape index (κ2) is 13.7. The fourth-order valence-corrected chi connectivity index (χ4v) is 5.84. The maximum absolute atomic E-state index is 12.0. The predicted octanol–water partition coefficient (Wildman–Crippen LogP) is 5.54. The number of thioether (sulfide) groups is 1. The van der Waals surface area contributed by atoms with Crippen LogP contribution in [0.1, 0.15) is 32.1 Å². The van der Waals surface area contributed by atoms with Gasteiger partial charge in [0.25, 0.3) is 0 Å².